The molecule has 0 spiro atoms. The number of nitrogens with zero attached hydrogens (tertiary/aromatic N) is 2. The lowest BCUT2D eigenvalue weighted by Crippen LogP contribution is -2.53. The molecule has 3 rings (SSSR count). The van der Waals surface area contributed by atoms with Crippen LogP contribution in [0.1, 0.15) is 25.2 Å². The second kappa shape index (κ2) is 5.44. The van der Waals surface area contributed by atoms with Gasteiger partial charge in [0, 0.05) is 12.3 Å². The number of benzene rings is 1. The Labute approximate surface area is 128 Å². The van der Waals surface area contributed by atoms with Crippen LogP contribution in [0.5, 0.6) is 0 Å². The van der Waals surface area contributed by atoms with Crippen LogP contribution in [0.2, 0.25) is 0 Å². The first kappa shape index (κ1) is 15.1. The molecule has 118 valence electrons. The fourth-order valence-electron chi connectivity index (χ4n) is 3.12. The SMILES string of the molecule is CC1(C)OCC(Cc2ccc(F)cc2)C1(O)Cc1ncn[nH]1. The van der Waals surface area contributed by atoms with E-state index in [0.717, 1.165) is 5.56 Å². The van der Waals surface area contributed by atoms with E-state index in [0.29, 0.717) is 25.3 Å². The van der Waals surface area contributed by atoms with Crippen molar-refractivity contribution in [3.63, 3.8) is 0 Å². The summed E-state index contributed by atoms with van der Waals surface area (Å²) >= 11 is 0. The Balaban J connectivity index is 1.84. The number of aliphatic hydroxyl groups is 1. The normalized spacial score (nSPS) is 27.2. The fourth-order valence-corrected chi connectivity index (χ4v) is 3.12. The van der Waals surface area contributed by atoms with E-state index in [2.05, 4.69) is 15.2 Å². The van der Waals surface area contributed by atoms with E-state index in [1.54, 1.807) is 12.1 Å². The summed E-state index contributed by atoms with van der Waals surface area (Å²) in [6.45, 7) is 4.22. The van der Waals surface area contributed by atoms with E-state index in [-0.39, 0.29) is 11.7 Å². The van der Waals surface area contributed by atoms with Crippen molar-refractivity contribution in [2.45, 2.75) is 37.9 Å². The summed E-state index contributed by atoms with van der Waals surface area (Å²) in [7, 11) is 0. The maximum absolute atomic E-state index is 13.0. The van der Waals surface area contributed by atoms with Crippen LogP contribution in [-0.4, -0.2) is 38.1 Å². The first-order valence-corrected chi connectivity index (χ1v) is 7.36. The van der Waals surface area contributed by atoms with Gasteiger partial charge >= 0.3 is 0 Å². The molecule has 2 heterocycles. The summed E-state index contributed by atoms with van der Waals surface area (Å²) < 4.78 is 18.9. The van der Waals surface area contributed by atoms with Crippen molar-refractivity contribution in [1.82, 2.24) is 15.2 Å². The zero-order chi connectivity index (χ0) is 15.8. The molecular formula is C16H20FN3O2. The second-order valence-electron chi connectivity index (χ2n) is 6.38. The maximum Gasteiger partial charge on any atom is 0.137 e. The van der Waals surface area contributed by atoms with Crippen molar-refractivity contribution >= 4 is 0 Å². The molecule has 2 unspecified atom stereocenters. The Hall–Kier alpha value is -1.79. The van der Waals surface area contributed by atoms with Gasteiger partial charge in [-0.3, -0.25) is 5.10 Å². The topological polar surface area (TPSA) is 71.0 Å². The summed E-state index contributed by atoms with van der Waals surface area (Å²) in [5, 5.41) is 17.9. The number of hydrogen-bond donors (Lipinski definition) is 2. The van der Waals surface area contributed by atoms with Gasteiger partial charge < -0.3 is 9.84 Å². The highest BCUT2D eigenvalue weighted by molar-refractivity contribution is 5.20. The average Bonchev–Trinajstić information content (AvgIpc) is 3.04. The van der Waals surface area contributed by atoms with Gasteiger partial charge in [0.15, 0.2) is 0 Å². The minimum absolute atomic E-state index is 0.0990. The van der Waals surface area contributed by atoms with Gasteiger partial charge in [-0.15, -0.1) is 0 Å². The lowest BCUT2D eigenvalue weighted by atomic mass is 9.73. The molecule has 2 atom stereocenters. The molecule has 2 aromatic rings. The van der Waals surface area contributed by atoms with Crippen LogP contribution >= 0.6 is 0 Å². The molecule has 0 radical (unpaired) electrons. The molecule has 6 heteroatoms. The Kier molecular flexibility index (Phi) is 3.74. The molecule has 0 saturated carbocycles. The van der Waals surface area contributed by atoms with E-state index in [9.17, 15) is 9.50 Å². The van der Waals surface area contributed by atoms with Crippen LogP contribution < -0.4 is 0 Å². The Morgan fingerprint density at radius 2 is 2.09 bits per heavy atom. The number of rotatable bonds is 4. The van der Waals surface area contributed by atoms with E-state index in [1.165, 1.54) is 18.5 Å². The molecule has 0 bridgehead atoms. The number of halogens is 1. The predicted octanol–water partition coefficient (Wildman–Crippen LogP) is 1.89. The molecule has 0 amide bonds. The molecule has 1 fully saturated rings. The highest BCUT2D eigenvalue weighted by atomic mass is 19.1. The van der Waals surface area contributed by atoms with Crippen LogP contribution in [0.15, 0.2) is 30.6 Å². The summed E-state index contributed by atoms with van der Waals surface area (Å²) in [5.74, 6) is 0.270. The molecule has 2 N–H and O–H groups in total. The lowest BCUT2D eigenvalue weighted by Gasteiger charge is -2.38. The van der Waals surface area contributed by atoms with Crippen LogP contribution in [0.4, 0.5) is 4.39 Å². The minimum atomic E-state index is -1.07. The number of nitrogens with one attached hydrogen (secondary N) is 1. The zero-order valence-corrected chi connectivity index (χ0v) is 12.7. The van der Waals surface area contributed by atoms with Gasteiger partial charge in [-0.2, -0.15) is 5.10 Å². The van der Waals surface area contributed by atoms with Crippen LogP contribution in [-0.2, 0) is 17.6 Å². The number of aromatic nitrogens is 3. The Bertz CT molecular complexity index is 627. The Morgan fingerprint density at radius 3 is 2.73 bits per heavy atom. The molecule has 1 aromatic carbocycles. The van der Waals surface area contributed by atoms with Crippen molar-refractivity contribution in [2.75, 3.05) is 6.61 Å². The standard InChI is InChI=1S/C16H20FN3O2/c1-15(2)16(21,8-14-18-10-19-20-14)12(9-22-15)7-11-3-5-13(17)6-4-11/h3-6,10,12,21H,7-9H2,1-2H3,(H,18,19,20). The third kappa shape index (κ3) is 2.64. The van der Waals surface area contributed by atoms with Crippen molar-refractivity contribution in [3.8, 4) is 0 Å². The van der Waals surface area contributed by atoms with Gasteiger partial charge in [0.25, 0.3) is 0 Å². The maximum atomic E-state index is 13.0. The number of ether oxygens (including phenoxy) is 1. The molecule has 1 saturated heterocycles. The van der Waals surface area contributed by atoms with E-state index < -0.39 is 11.2 Å². The molecule has 1 aliphatic heterocycles. The number of aromatic amines is 1. The Morgan fingerprint density at radius 1 is 1.36 bits per heavy atom. The molecule has 5 nitrogen and oxygen atoms in total. The van der Waals surface area contributed by atoms with Crippen LogP contribution in [0, 0.1) is 11.7 Å². The molecular weight excluding hydrogens is 285 g/mol. The lowest BCUT2D eigenvalue weighted by molar-refractivity contribution is -0.108. The second-order valence-corrected chi connectivity index (χ2v) is 6.38. The molecule has 0 aliphatic carbocycles. The quantitative estimate of drug-likeness (QED) is 0.905. The van der Waals surface area contributed by atoms with Crippen molar-refractivity contribution in [3.05, 3.63) is 47.8 Å². The van der Waals surface area contributed by atoms with E-state index >= 15 is 0 Å². The molecule has 22 heavy (non-hydrogen) atoms. The van der Waals surface area contributed by atoms with Crippen molar-refractivity contribution < 1.29 is 14.2 Å². The average molecular weight is 305 g/mol. The van der Waals surface area contributed by atoms with Gasteiger partial charge in [-0.05, 0) is 38.0 Å². The first-order valence-electron chi connectivity index (χ1n) is 7.36. The van der Waals surface area contributed by atoms with E-state index in [4.69, 9.17) is 4.74 Å². The van der Waals surface area contributed by atoms with Gasteiger partial charge in [-0.1, -0.05) is 12.1 Å². The van der Waals surface area contributed by atoms with Crippen molar-refractivity contribution in [2.24, 2.45) is 5.92 Å². The predicted molar refractivity (Wildman–Crippen MR) is 78.7 cm³/mol. The minimum Gasteiger partial charge on any atom is -0.386 e. The van der Waals surface area contributed by atoms with Gasteiger partial charge in [0.2, 0.25) is 0 Å². The summed E-state index contributed by atoms with van der Waals surface area (Å²) in [6, 6.07) is 6.36. The molecule has 1 aliphatic rings. The summed E-state index contributed by atoms with van der Waals surface area (Å²) in [4.78, 5) is 4.11. The third-order valence-corrected chi connectivity index (χ3v) is 4.66. The van der Waals surface area contributed by atoms with Crippen LogP contribution in [0.3, 0.4) is 0 Å². The first-order chi connectivity index (χ1) is 10.4. The monoisotopic (exact) mass is 305 g/mol. The highest BCUT2D eigenvalue weighted by Crippen LogP contribution is 2.43. The van der Waals surface area contributed by atoms with Gasteiger partial charge in [-0.25, -0.2) is 9.37 Å². The highest BCUT2D eigenvalue weighted by Gasteiger charge is 2.55. The van der Waals surface area contributed by atoms with E-state index in [1.807, 2.05) is 13.8 Å². The van der Waals surface area contributed by atoms with Crippen molar-refractivity contribution in [1.29, 1.82) is 0 Å². The fraction of sp³-hybridized carbons (Fsp3) is 0.500. The number of hydrogen-bond acceptors (Lipinski definition) is 4. The van der Waals surface area contributed by atoms with Crippen LogP contribution in [0.25, 0.3) is 0 Å². The summed E-state index contributed by atoms with van der Waals surface area (Å²) in [6.07, 6.45) is 2.39. The largest absolute Gasteiger partial charge is 0.386 e. The summed E-state index contributed by atoms with van der Waals surface area (Å²) in [5.41, 5.74) is -0.783. The molecule has 1 aromatic heterocycles. The van der Waals surface area contributed by atoms with Gasteiger partial charge in [0.1, 0.15) is 23.6 Å². The smallest absolute Gasteiger partial charge is 0.137 e. The van der Waals surface area contributed by atoms with Gasteiger partial charge in [0.05, 0.1) is 12.2 Å². The zero-order valence-electron chi connectivity index (χ0n) is 12.7. The third-order valence-electron chi connectivity index (χ3n) is 4.66. The number of H-pyrrole nitrogens is 1.